The lowest BCUT2D eigenvalue weighted by atomic mass is 10.2. The van der Waals surface area contributed by atoms with Crippen molar-refractivity contribution >= 4 is 34.8 Å². The summed E-state index contributed by atoms with van der Waals surface area (Å²) in [6.45, 7) is 6.00. The van der Waals surface area contributed by atoms with Crippen LogP contribution >= 0.6 is 11.6 Å². The number of hydrogen-bond donors (Lipinski definition) is 1. The highest BCUT2D eigenvalue weighted by Crippen LogP contribution is 2.34. The van der Waals surface area contributed by atoms with Crippen molar-refractivity contribution in [1.82, 2.24) is 4.90 Å². The molecule has 1 heterocycles. The Bertz CT molecular complexity index is 864. The number of nitrogens with one attached hydrogen (secondary N) is 1. The molecule has 1 aliphatic heterocycles. The quantitative estimate of drug-likeness (QED) is 0.834. The second kappa shape index (κ2) is 8.97. The summed E-state index contributed by atoms with van der Waals surface area (Å²) in [5, 5.41) is 3.47. The van der Waals surface area contributed by atoms with Crippen LogP contribution in [0, 0.1) is 6.92 Å². The number of anilines is 2. The van der Waals surface area contributed by atoms with E-state index in [9.17, 15) is 9.59 Å². The predicted molar refractivity (Wildman–Crippen MR) is 111 cm³/mol. The maximum Gasteiger partial charge on any atom is 0.262 e. The largest absolute Gasteiger partial charge is 0.483 e. The summed E-state index contributed by atoms with van der Waals surface area (Å²) in [5.41, 5.74) is 2.39. The van der Waals surface area contributed by atoms with Gasteiger partial charge in [-0.1, -0.05) is 35.9 Å². The summed E-state index contributed by atoms with van der Waals surface area (Å²) in [6, 6.07) is 13.0. The zero-order valence-corrected chi connectivity index (χ0v) is 16.8. The number of para-hydroxylation sites is 2. The summed E-state index contributed by atoms with van der Waals surface area (Å²) in [7, 11) is 0. The van der Waals surface area contributed by atoms with Crippen LogP contribution in [-0.4, -0.2) is 49.5 Å². The number of halogens is 1. The van der Waals surface area contributed by atoms with Crippen LogP contribution in [0.1, 0.15) is 12.5 Å². The minimum Gasteiger partial charge on any atom is -0.483 e. The molecule has 0 aromatic heterocycles. The second-order valence-corrected chi connectivity index (χ2v) is 7.14. The Morgan fingerprint density at radius 2 is 1.79 bits per heavy atom. The molecule has 0 unspecified atom stereocenters. The zero-order valence-electron chi connectivity index (χ0n) is 16.1. The van der Waals surface area contributed by atoms with Gasteiger partial charge in [0, 0.05) is 33.1 Å². The topological polar surface area (TPSA) is 61.9 Å². The van der Waals surface area contributed by atoms with Crippen LogP contribution in [0.2, 0.25) is 5.02 Å². The molecule has 0 spiro atoms. The van der Waals surface area contributed by atoms with Gasteiger partial charge in [-0.05, 0) is 30.7 Å². The molecule has 7 heteroatoms. The number of ether oxygens (including phenoxy) is 1. The molecule has 2 aromatic carbocycles. The number of nitrogens with zero attached hydrogens (tertiary/aromatic N) is 2. The SMILES string of the molecule is CC(=O)N1CCN(c2c(Cl)cccc2NC(=O)COc2ccccc2C)CC1. The molecule has 2 amide bonds. The van der Waals surface area contributed by atoms with Gasteiger partial charge >= 0.3 is 0 Å². The van der Waals surface area contributed by atoms with Gasteiger partial charge < -0.3 is 19.9 Å². The van der Waals surface area contributed by atoms with Crippen molar-refractivity contribution in [3.63, 3.8) is 0 Å². The van der Waals surface area contributed by atoms with Gasteiger partial charge in [-0.15, -0.1) is 0 Å². The van der Waals surface area contributed by atoms with Crippen LogP contribution in [-0.2, 0) is 9.59 Å². The Balaban J connectivity index is 1.67. The van der Waals surface area contributed by atoms with Crippen LogP contribution < -0.4 is 15.0 Å². The minimum absolute atomic E-state index is 0.0701. The molecule has 1 N–H and O–H groups in total. The first kappa shape index (κ1) is 20.0. The van der Waals surface area contributed by atoms with Gasteiger partial charge in [-0.2, -0.15) is 0 Å². The first-order valence-corrected chi connectivity index (χ1v) is 9.61. The Labute approximate surface area is 170 Å². The Hall–Kier alpha value is -2.73. The lowest BCUT2D eigenvalue weighted by Crippen LogP contribution is -2.48. The minimum atomic E-state index is -0.255. The number of piperazine rings is 1. The molecular formula is C21H24ClN3O3. The molecule has 0 aliphatic carbocycles. The lowest BCUT2D eigenvalue weighted by Gasteiger charge is -2.36. The van der Waals surface area contributed by atoms with Crippen molar-refractivity contribution in [3.8, 4) is 5.75 Å². The number of aryl methyl sites for hydroxylation is 1. The van der Waals surface area contributed by atoms with E-state index in [0.29, 0.717) is 42.6 Å². The molecule has 0 saturated carbocycles. The molecule has 3 rings (SSSR count). The molecule has 0 atom stereocenters. The molecular weight excluding hydrogens is 378 g/mol. The van der Waals surface area contributed by atoms with E-state index in [1.807, 2.05) is 42.2 Å². The van der Waals surface area contributed by atoms with Crippen LogP contribution in [0.25, 0.3) is 0 Å². The first-order valence-electron chi connectivity index (χ1n) is 9.23. The van der Waals surface area contributed by atoms with E-state index >= 15 is 0 Å². The van der Waals surface area contributed by atoms with E-state index in [-0.39, 0.29) is 18.4 Å². The Morgan fingerprint density at radius 1 is 1.07 bits per heavy atom. The van der Waals surface area contributed by atoms with Crippen LogP contribution in [0.15, 0.2) is 42.5 Å². The van der Waals surface area contributed by atoms with E-state index in [4.69, 9.17) is 16.3 Å². The van der Waals surface area contributed by atoms with Gasteiger partial charge in [0.05, 0.1) is 16.4 Å². The standard InChI is InChI=1S/C21H24ClN3O3/c1-15-6-3-4-9-19(15)28-14-20(27)23-18-8-5-7-17(22)21(18)25-12-10-24(11-13-25)16(2)26/h3-9H,10-14H2,1-2H3,(H,23,27). The predicted octanol–water partition coefficient (Wildman–Crippen LogP) is 3.33. The van der Waals surface area contributed by atoms with Gasteiger partial charge in [-0.25, -0.2) is 0 Å². The molecule has 1 aliphatic rings. The molecule has 6 nitrogen and oxygen atoms in total. The zero-order chi connectivity index (χ0) is 20.1. The normalized spacial score (nSPS) is 14.0. The molecule has 0 bridgehead atoms. The van der Waals surface area contributed by atoms with E-state index in [1.165, 1.54) is 0 Å². The fourth-order valence-electron chi connectivity index (χ4n) is 3.23. The molecule has 148 valence electrons. The van der Waals surface area contributed by atoms with E-state index in [2.05, 4.69) is 10.2 Å². The van der Waals surface area contributed by atoms with Gasteiger partial charge in [-0.3, -0.25) is 9.59 Å². The monoisotopic (exact) mass is 401 g/mol. The Morgan fingerprint density at radius 3 is 2.46 bits per heavy atom. The summed E-state index contributed by atoms with van der Waals surface area (Å²) in [5.74, 6) is 0.499. The van der Waals surface area contributed by atoms with Crippen molar-refractivity contribution in [2.75, 3.05) is 43.0 Å². The van der Waals surface area contributed by atoms with Gasteiger partial charge in [0.25, 0.3) is 5.91 Å². The highest BCUT2D eigenvalue weighted by Gasteiger charge is 2.23. The molecule has 2 aromatic rings. The van der Waals surface area contributed by atoms with Crippen molar-refractivity contribution in [3.05, 3.63) is 53.1 Å². The average molecular weight is 402 g/mol. The molecule has 1 fully saturated rings. The third-order valence-electron chi connectivity index (χ3n) is 4.75. The van der Waals surface area contributed by atoms with Gasteiger partial charge in [0.1, 0.15) is 5.75 Å². The van der Waals surface area contributed by atoms with E-state index in [0.717, 1.165) is 11.3 Å². The summed E-state index contributed by atoms with van der Waals surface area (Å²) in [4.78, 5) is 27.9. The third kappa shape index (κ3) is 4.75. The second-order valence-electron chi connectivity index (χ2n) is 6.73. The summed E-state index contributed by atoms with van der Waals surface area (Å²) in [6.07, 6.45) is 0. The van der Waals surface area contributed by atoms with Gasteiger partial charge in [0.2, 0.25) is 5.91 Å². The number of carbonyl (C=O) groups excluding carboxylic acids is 2. The average Bonchev–Trinajstić information content (AvgIpc) is 2.68. The van der Waals surface area contributed by atoms with Gasteiger partial charge in [0.15, 0.2) is 6.61 Å². The number of benzene rings is 2. The first-order chi connectivity index (χ1) is 13.5. The van der Waals surface area contributed by atoms with Crippen LogP contribution in [0.3, 0.4) is 0 Å². The molecule has 28 heavy (non-hydrogen) atoms. The highest BCUT2D eigenvalue weighted by molar-refractivity contribution is 6.34. The lowest BCUT2D eigenvalue weighted by molar-refractivity contribution is -0.129. The van der Waals surface area contributed by atoms with Crippen molar-refractivity contribution < 1.29 is 14.3 Å². The van der Waals surface area contributed by atoms with Crippen molar-refractivity contribution in [2.45, 2.75) is 13.8 Å². The van der Waals surface area contributed by atoms with Crippen molar-refractivity contribution in [2.24, 2.45) is 0 Å². The third-order valence-corrected chi connectivity index (χ3v) is 5.06. The number of amides is 2. The number of carbonyl (C=O) groups is 2. The van der Waals surface area contributed by atoms with Crippen LogP contribution in [0.4, 0.5) is 11.4 Å². The highest BCUT2D eigenvalue weighted by atomic mass is 35.5. The maximum atomic E-state index is 12.4. The summed E-state index contributed by atoms with van der Waals surface area (Å²) < 4.78 is 5.62. The maximum absolute atomic E-state index is 12.4. The van der Waals surface area contributed by atoms with Crippen LogP contribution in [0.5, 0.6) is 5.75 Å². The van der Waals surface area contributed by atoms with E-state index < -0.39 is 0 Å². The fourth-order valence-corrected chi connectivity index (χ4v) is 3.52. The van der Waals surface area contributed by atoms with E-state index in [1.54, 1.807) is 19.1 Å². The smallest absolute Gasteiger partial charge is 0.262 e. The number of hydrogen-bond acceptors (Lipinski definition) is 4. The number of rotatable bonds is 5. The Kier molecular flexibility index (Phi) is 6.41. The fraction of sp³-hybridized carbons (Fsp3) is 0.333. The summed E-state index contributed by atoms with van der Waals surface area (Å²) >= 11 is 6.43. The molecule has 0 radical (unpaired) electrons. The van der Waals surface area contributed by atoms with Crippen molar-refractivity contribution in [1.29, 1.82) is 0 Å². The molecule has 1 saturated heterocycles.